The van der Waals surface area contributed by atoms with Crippen molar-refractivity contribution in [3.8, 4) is 0 Å². The van der Waals surface area contributed by atoms with E-state index in [-0.39, 0.29) is 5.71 Å². The highest BCUT2D eigenvalue weighted by Crippen LogP contribution is 2.39. The van der Waals surface area contributed by atoms with E-state index in [9.17, 15) is 14.4 Å². The number of nitrogens with zero attached hydrogens (tertiary/aromatic N) is 3. The summed E-state index contributed by atoms with van der Waals surface area (Å²) in [6, 6.07) is 11.1. The number of hydrogen-bond donors (Lipinski definition) is 0. The third-order valence-corrected chi connectivity index (χ3v) is 5.95. The molecule has 2 aromatic rings. The average molecular weight is 477 g/mol. The standard InChI is InChI=1S/C20H15BrClN3O4/c1-10-13(22)4-3-5-14(10)24-18(26)15-16(20(28)29-2)23-25(17(15)19(24)27)12-8-6-11(21)7-9-12/h3-9,15,17H,1-2H3/t15-,17-/m0/s1. The van der Waals surface area contributed by atoms with Gasteiger partial charge in [-0.2, -0.15) is 5.10 Å². The number of ether oxygens (including phenoxy) is 1. The zero-order chi connectivity index (χ0) is 20.9. The summed E-state index contributed by atoms with van der Waals surface area (Å²) < 4.78 is 5.65. The first-order valence-corrected chi connectivity index (χ1v) is 9.86. The average Bonchev–Trinajstić information content (AvgIpc) is 3.22. The number of methoxy groups -OCH3 is 1. The molecule has 4 rings (SSSR count). The number of imide groups is 1. The Labute approximate surface area is 180 Å². The van der Waals surface area contributed by atoms with Gasteiger partial charge in [0.05, 0.1) is 18.5 Å². The van der Waals surface area contributed by atoms with Gasteiger partial charge in [-0.3, -0.25) is 14.6 Å². The van der Waals surface area contributed by atoms with Gasteiger partial charge in [-0.25, -0.2) is 9.69 Å². The van der Waals surface area contributed by atoms with Crippen molar-refractivity contribution < 1.29 is 19.1 Å². The van der Waals surface area contributed by atoms with Crippen LogP contribution >= 0.6 is 27.5 Å². The number of rotatable bonds is 3. The van der Waals surface area contributed by atoms with Crippen LogP contribution in [0.15, 0.2) is 52.0 Å². The number of halogens is 2. The lowest BCUT2D eigenvalue weighted by Crippen LogP contribution is -2.39. The van der Waals surface area contributed by atoms with Crippen LogP contribution in [0.4, 0.5) is 11.4 Å². The third-order valence-electron chi connectivity index (χ3n) is 5.01. The van der Waals surface area contributed by atoms with Crippen molar-refractivity contribution in [2.24, 2.45) is 11.0 Å². The van der Waals surface area contributed by atoms with E-state index in [1.165, 1.54) is 12.1 Å². The molecule has 0 N–H and O–H groups in total. The minimum Gasteiger partial charge on any atom is -0.464 e. The Morgan fingerprint density at radius 3 is 2.48 bits per heavy atom. The van der Waals surface area contributed by atoms with Crippen LogP contribution in [0.3, 0.4) is 0 Å². The molecule has 0 aliphatic carbocycles. The molecule has 2 atom stereocenters. The number of carbonyl (C=O) groups excluding carboxylic acids is 3. The second kappa shape index (κ2) is 7.27. The summed E-state index contributed by atoms with van der Waals surface area (Å²) in [5, 5.41) is 6.12. The molecule has 2 heterocycles. The lowest BCUT2D eigenvalue weighted by molar-refractivity contribution is -0.133. The van der Waals surface area contributed by atoms with Crippen LogP contribution in [0.25, 0.3) is 0 Å². The molecule has 2 aromatic carbocycles. The van der Waals surface area contributed by atoms with E-state index in [0.717, 1.165) is 9.37 Å². The maximum absolute atomic E-state index is 13.4. The number of fused-ring (bicyclic) bond motifs is 1. The molecule has 1 fully saturated rings. The van der Waals surface area contributed by atoms with Crippen LogP contribution in [-0.4, -0.2) is 36.6 Å². The van der Waals surface area contributed by atoms with Gasteiger partial charge >= 0.3 is 5.97 Å². The number of anilines is 2. The summed E-state index contributed by atoms with van der Waals surface area (Å²) in [6.07, 6.45) is 0. The van der Waals surface area contributed by atoms with Crippen molar-refractivity contribution in [3.63, 3.8) is 0 Å². The molecule has 7 nitrogen and oxygen atoms in total. The van der Waals surface area contributed by atoms with E-state index in [1.807, 2.05) is 0 Å². The molecule has 2 amide bonds. The van der Waals surface area contributed by atoms with Gasteiger partial charge in [-0.05, 0) is 48.9 Å². The van der Waals surface area contributed by atoms with Crippen LogP contribution < -0.4 is 9.91 Å². The van der Waals surface area contributed by atoms with Crippen molar-refractivity contribution in [1.82, 2.24) is 0 Å². The van der Waals surface area contributed by atoms with E-state index < -0.39 is 29.7 Å². The first-order valence-electron chi connectivity index (χ1n) is 8.69. The fourth-order valence-electron chi connectivity index (χ4n) is 3.57. The fraction of sp³-hybridized carbons (Fsp3) is 0.200. The lowest BCUT2D eigenvalue weighted by atomic mass is 9.98. The van der Waals surface area contributed by atoms with E-state index in [2.05, 4.69) is 21.0 Å². The molecule has 29 heavy (non-hydrogen) atoms. The Morgan fingerprint density at radius 2 is 1.83 bits per heavy atom. The topological polar surface area (TPSA) is 79.3 Å². The molecule has 1 saturated heterocycles. The molecule has 0 radical (unpaired) electrons. The highest BCUT2D eigenvalue weighted by molar-refractivity contribution is 9.10. The van der Waals surface area contributed by atoms with Crippen molar-refractivity contribution in [1.29, 1.82) is 0 Å². The van der Waals surface area contributed by atoms with Gasteiger partial charge in [0.1, 0.15) is 12.0 Å². The molecule has 0 aromatic heterocycles. The summed E-state index contributed by atoms with van der Waals surface area (Å²) >= 11 is 9.55. The van der Waals surface area contributed by atoms with E-state index in [1.54, 1.807) is 49.4 Å². The predicted octanol–water partition coefficient (Wildman–Crippen LogP) is 3.32. The van der Waals surface area contributed by atoms with Crippen molar-refractivity contribution in [3.05, 3.63) is 57.5 Å². The summed E-state index contributed by atoms with van der Waals surface area (Å²) in [5.74, 6) is -2.81. The molecular weight excluding hydrogens is 462 g/mol. The molecule has 0 saturated carbocycles. The number of hydrogen-bond acceptors (Lipinski definition) is 6. The molecule has 2 aliphatic heterocycles. The first-order chi connectivity index (χ1) is 13.8. The minimum atomic E-state index is -1.06. The molecule has 0 unspecified atom stereocenters. The number of benzene rings is 2. The van der Waals surface area contributed by atoms with Crippen LogP contribution in [-0.2, 0) is 19.1 Å². The molecule has 9 heteroatoms. The maximum Gasteiger partial charge on any atom is 0.355 e. The van der Waals surface area contributed by atoms with Crippen LogP contribution in [0.2, 0.25) is 5.02 Å². The van der Waals surface area contributed by atoms with Gasteiger partial charge in [0.25, 0.3) is 5.91 Å². The molecule has 0 spiro atoms. The van der Waals surface area contributed by atoms with Gasteiger partial charge in [-0.15, -0.1) is 0 Å². The van der Waals surface area contributed by atoms with E-state index in [0.29, 0.717) is 22.0 Å². The van der Waals surface area contributed by atoms with Crippen molar-refractivity contribution in [2.45, 2.75) is 13.0 Å². The van der Waals surface area contributed by atoms with Gasteiger partial charge in [0, 0.05) is 9.50 Å². The number of amides is 2. The monoisotopic (exact) mass is 475 g/mol. The summed E-state index contributed by atoms with van der Waals surface area (Å²) in [5.41, 5.74) is 1.47. The Kier molecular flexibility index (Phi) is 4.92. The van der Waals surface area contributed by atoms with Crippen molar-refractivity contribution in [2.75, 3.05) is 17.0 Å². The van der Waals surface area contributed by atoms with Gasteiger partial charge < -0.3 is 4.74 Å². The fourth-order valence-corrected chi connectivity index (χ4v) is 4.00. The Hall–Kier alpha value is -2.71. The van der Waals surface area contributed by atoms with Crippen LogP contribution in [0.5, 0.6) is 0 Å². The van der Waals surface area contributed by atoms with Crippen molar-refractivity contribution >= 4 is 62.4 Å². The minimum absolute atomic E-state index is 0.0963. The maximum atomic E-state index is 13.4. The zero-order valence-corrected chi connectivity index (χ0v) is 17.8. The number of carbonyl (C=O) groups is 3. The highest BCUT2D eigenvalue weighted by Gasteiger charge is 2.59. The molecule has 0 bridgehead atoms. The Bertz CT molecular complexity index is 1070. The molecule has 2 aliphatic rings. The largest absolute Gasteiger partial charge is 0.464 e. The Balaban J connectivity index is 1.83. The van der Waals surface area contributed by atoms with E-state index in [4.69, 9.17) is 16.3 Å². The predicted molar refractivity (Wildman–Crippen MR) is 112 cm³/mol. The first kappa shape index (κ1) is 19.6. The quantitative estimate of drug-likeness (QED) is 0.502. The van der Waals surface area contributed by atoms with Gasteiger partial charge in [0.15, 0.2) is 5.71 Å². The zero-order valence-electron chi connectivity index (χ0n) is 15.4. The highest BCUT2D eigenvalue weighted by atomic mass is 79.9. The number of esters is 1. The molecule has 148 valence electrons. The second-order valence-electron chi connectivity index (χ2n) is 6.62. The second-order valence-corrected chi connectivity index (χ2v) is 7.94. The summed E-state index contributed by atoms with van der Waals surface area (Å²) in [7, 11) is 1.21. The smallest absolute Gasteiger partial charge is 0.355 e. The SMILES string of the molecule is COC(=O)C1=NN(c2ccc(Br)cc2)[C@@H]2C(=O)N(c3cccc(Cl)c3C)C(=O)[C@@H]12. The van der Waals surface area contributed by atoms with Crippen LogP contribution in [0, 0.1) is 12.8 Å². The molecular formula is C20H15BrClN3O4. The van der Waals surface area contributed by atoms with E-state index >= 15 is 0 Å². The van der Waals surface area contributed by atoms with Crippen LogP contribution in [0.1, 0.15) is 5.56 Å². The van der Waals surface area contributed by atoms with Gasteiger partial charge in [-0.1, -0.05) is 33.6 Å². The Morgan fingerprint density at radius 1 is 1.14 bits per heavy atom. The lowest BCUT2D eigenvalue weighted by Gasteiger charge is -2.23. The van der Waals surface area contributed by atoms with Gasteiger partial charge in [0.2, 0.25) is 5.91 Å². The summed E-state index contributed by atoms with van der Waals surface area (Å²) in [4.78, 5) is 40.0. The normalized spacial score (nSPS) is 20.8. The summed E-state index contributed by atoms with van der Waals surface area (Å²) in [6.45, 7) is 1.73. The third kappa shape index (κ3) is 3.03. The number of hydrazone groups is 1.